The van der Waals surface area contributed by atoms with Crippen LogP contribution in [-0.4, -0.2) is 55.8 Å². The fourth-order valence-corrected chi connectivity index (χ4v) is 5.35. The van der Waals surface area contributed by atoms with E-state index < -0.39 is 10.0 Å². The number of sulfonamides is 1. The molecule has 1 aromatic carbocycles. The molecule has 6 nitrogen and oxygen atoms in total. The van der Waals surface area contributed by atoms with Crippen LogP contribution in [0.15, 0.2) is 30.3 Å². The van der Waals surface area contributed by atoms with Crippen molar-refractivity contribution in [3.8, 4) is 0 Å². The number of benzene rings is 1. The number of hydrogen-bond acceptors (Lipinski definition) is 4. The van der Waals surface area contributed by atoms with Gasteiger partial charge in [0, 0.05) is 32.2 Å². The number of amides is 1. The number of carbonyl (C=O) groups is 1. The highest BCUT2D eigenvalue weighted by Gasteiger charge is 2.35. The first kappa shape index (κ1) is 18.4. The molecule has 2 atom stereocenters. The van der Waals surface area contributed by atoms with Gasteiger partial charge in [-0.1, -0.05) is 30.3 Å². The number of nitrogens with two attached hydrogens (primary N) is 1. The first-order chi connectivity index (χ1) is 12.0. The Morgan fingerprint density at radius 1 is 1.08 bits per heavy atom. The van der Waals surface area contributed by atoms with Crippen molar-refractivity contribution in [2.75, 3.05) is 26.2 Å². The number of carbonyl (C=O) groups excluding carboxylic acids is 1. The number of likely N-dealkylation sites (tertiary alicyclic amines) is 1. The Bertz CT molecular complexity index is 693. The molecule has 3 rings (SSSR count). The lowest BCUT2D eigenvalue weighted by Crippen LogP contribution is -2.51. The Morgan fingerprint density at radius 2 is 1.80 bits per heavy atom. The van der Waals surface area contributed by atoms with E-state index in [0.29, 0.717) is 19.6 Å². The highest BCUT2D eigenvalue weighted by Crippen LogP contribution is 2.24. The molecule has 2 aliphatic heterocycles. The molecule has 138 valence electrons. The summed E-state index contributed by atoms with van der Waals surface area (Å²) in [5.41, 5.74) is 6.75. The van der Waals surface area contributed by atoms with Crippen LogP contribution in [-0.2, 0) is 20.6 Å². The van der Waals surface area contributed by atoms with E-state index in [4.69, 9.17) is 5.73 Å². The maximum Gasteiger partial charge on any atom is 0.227 e. The van der Waals surface area contributed by atoms with E-state index in [9.17, 15) is 13.2 Å². The van der Waals surface area contributed by atoms with Crippen molar-refractivity contribution in [2.45, 2.75) is 37.5 Å². The minimum Gasteiger partial charge on any atom is -0.341 e. The smallest absolute Gasteiger partial charge is 0.227 e. The van der Waals surface area contributed by atoms with Gasteiger partial charge in [-0.15, -0.1) is 0 Å². The Morgan fingerprint density at radius 3 is 2.52 bits per heavy atom. The second kappa shape index (κ2) is 7.85. The molecule has 7 heteroatoms. The lowest BCUT2D eigenvalue weighted by atomic mass is 9.96. The van der Waals surface area contributed by atoms with E-state index in [-0.39, 0.29) is 23.6 Å². The molecule has 0 saturated carbocycles. The molecule has 2 aliphatic rings. The second-order valence-electron chi connectivity index (χ2n) is 7.13. The SMILES string of the molecule is NC1CCCN(C(=O)C2CCCN(S(=O)(=O)Cc3ccccc3)C2)C1. The molecule has 0 spiro atoms. The standard InChI is InChI=1S/C18H27N3O3S/c19-17-9-5-10-20(13-17)18(22)16-8-4-11-21(12-16)25(23,24)14-15-6-2-1-3-7-15/h1-3,6-7,16-17H,4-5,8-14,19H2. The Hall–Kier alpha value is -1.44. The van der Waals surface area contributed by atoms with Gasteiger partial charge in [-0.2, -0.15) is 0 Å². The predicted molar refractivity (Wildman–Crippen MR) is 97.2 cm³/mol. The molecule has 0 bridgehead atoms. The first-order valence-corrected chi connectivity index (χ1v) is 10.6. The summed E-state index contributed by atoms with van der Waals surface area (Å²) in [5.74, 6) is -0.192. The Labute approximate surface area is 150 Å². The van der Waals surface area contributed by atoms with Crippen molar-refractivity contribution in [1.29, 1.82) is 0 Å². The zero-order chi connectivity index (χ0) is 17.9. The molecule has 1 aromatic rings. The van der Waals surface area contributed by atoms with Gasteiger partial charge in [-0.05, 0) is 31.2 Å². The van der Waals surface area contributed by atoms with Crippen LogP contribution < -0.4 is 5.73 Å². The summed E-state index contributed by atoms with van der Waals surface area (Å²) in [4.78, 5) is 14.6. The van der Waals surface area contributed by atoms with E-state index in [1.54, 1.807) is 0 Å². The van der Waals surface area contributed by atoms with Crippen molar-refractivity contribution < 1.29 is 13.2 Å². The van der Waals surface area contributed by atoms with Gasteiger partial charge < -0.3 is 10.6 Å². The molecule has 1 amide bonds. The second-order valence-corrected chi connectivity index (χ2v) is 9.09. The van der Waals surface area contributed by atoms with Crippen LogP contribution in [0, 0.1) is 5.92 Å². The molecule has 2 heterocycles. The van der Waals surface area contributed by atoms with Gasteiger partial charge in [-0.3, -0.25) is 4.79 Å². The number of rotatable bonds is 4. The zero-order valence-corrected chi connectivity index (χ0v) is 15.3. The van der Waals surface area contributed by atoms with Gasteiger partial charge in [-0.25, -0.2) is 12.7 Å². The van der Waals surface area contributed by atoms with Crippen LogP contribution in [0.2, 0.25) is 0 Å². The third-order valence-corrected chi connectivity index (χ3v) is 6.90. The van der Waals surface area contributed by atoms with Gasteiger partial charge in [0.2, 0.25) is 15.9 Å². The summed E-state index contributed by atoms with van der Waals surface area (Å²) in [6.45, 7) is 2.12. The molecule has 25 heavy (non-hydrogen) atoms. The predicted octanol–water partition coefficient (Wildman–Crippen LogP) is 1.18. The molecule has 2 N–H and O–H groups in total. The highest BCUT2D eigenvalue weighted by atomic mass is 32.2. The molecule has 0 radical (unpaired) electrons. The maximum absolute atomic E-state index is 12.8. The monoisotopic (exact) mass is 365 g/mol. The molecule has 0 aliphatic carbocycles. The summed E-state index contributed by atoms with van der Waals surface area (Å²) >= 11 is 0. The van der Waals surface area contributed by atoms with Crippen molar-refractivity contribution in [3.63, 3.8) is 0 Å². The Balaban J connectivity index is 1.65. The summed E-state index contributed by atoms with van der Waals surface area (Å²) in [5, 5.41) is 0. The first-order valence-electron chi connectivity index (χ1n) is 9.02. The van der Waals surface area contributed by atoms with Crippen LogP contribution in [0.3, 0.4) is 0 Å². The third-order valence-electron chi connectivity index (χ3n) is 5.09. The number of nitrogens with zero attached hydrogens (tertiary/aromatic N) is 2. The largest absolute Gasteiger partial charge is 0.341 e. The maximum atomic E-state index is 12.8. The van der Waals surface area contributed by atoms with Crippen molar-refractivity contribution >= 4 is 15.9 Å². The van der Waals surface area contributed by atoms with Crippen LogP contribution >= 0.6 is 0 Å². The fraction of sp³-hybridized carbons (Fsp3) is 0.611. The van der Waals surface area contributed by atoms with Crippen molar-refractivity contribution in [3.05, 3.63) is 35.9 Å². The van der Waals surface area contributed by atoms with Crippen molar-refractivity contribution in [1.82, 2.24) is 9.21 Å². The van der Waals surface area contributed by atoms with Gasteiger partial charge in [0.15, 0.2) is 0 Å². The third kappa shape index (κ3) is 4.59. The lowest BCUT2D eigenvalue weighted by molar-refractivity contribution is -0.137. The number of piperidine rings is 2. The van der Waals surface area contributed by atoms with E-state index in [0.717, 1.165) is 37.8 Å². The summed E-state index contributed by atoms with van der Waals surface area (Å²) in [6, 6.07) is 9.23. The van der Waals surface area contributed by atoms with E-state index >= 15 is 0 Å². The fourth-order valence-electron chi connectivity index (χ4n) is 3.74. The molecule has 0 aromatic heterocycles. The molecular formula is C18H27N3O3S. The summed E-state index contributed by atoms with van der Waals surface area (Å²) < 4.78 is 27.0. The lowest BCUT2D eigenvalue weighted by Gasteiger charge is -2.37. The van der Waals surface area contributed by atoms with Crippen LogP contribution in [0.4, 0.5) is 0 Å². The topological polar surface area (TPSA) is 83.7 Å². The number of hydrogen-bond donors (Lipinski definition) is 1. The van der Waals surface area contributed by atoms with Crippen LogP contribution in [0.1, 0.15) is 31.2 Å². The van der Waals surface area contributed by atoms with Crippen LogP contribution in [0.25, 0.3) is 0 Å². The summed E-state index contributed by atoms with van der Waals surface area (Å²) in [6.07, 6.45) is 3.36. The zero-order valence-electron chi connectivity index (χ0n) is 14.5. The normalized spacial score (nSPS) is 25.7. The average Bonchev–Trinajstić information content (AvgIpc) is 2.62. The molecule has 2 saturated heterocycles. The minimum absolute atomic E-state index is 0.0106. The highest BCUT2D eigenvalue weighted by molar-refractivity contribution is 7.88. The van der Waals surface area contributed by atoms with Crippen LogP contribution in [0.5, 0.6) is 0 Å². The van der Waals surface area contributed by atoms with Gasteiger partial charge in [0.1, 0.15) is 0 Å². The molecular weight excluding hydrogens is 338 g/mol. The quantitative estimate of drug-likeness (QED) is 0.868. The minimum atomic E-state index is -3.41. The van der Waals surface area contributed by atoms with E-state index in [1.807, 2.05) is 35.2 Å². The van der Waals surface area contributed by atoms with Gasteiger partial charge in [0.25, 0.3) is 0 Å². The molecule has 2 unspecified atom stereocenters. The van der Waals surface area contributed by atoms with Gasteiger partial charge >= 0.3 is 0 Å². The van der Waals surface area contributed by atoms with Gasteiger partial charge in [0.05, 0.1) is 11.7 Å². The summed E-state index contributed by atoms with van der Waals surface area (Å²) in [7, 11) is -3.41. The Kier molecular flexibility index (Phi) is 5.76. The van der Waals surface area contributed by atoms with E-state index in [1.165, 1.54) is 4.31 Å². The van der Waals surface area contributed by atoms with E-state index in [2.05, 4.69) is 0 Å². The average molecular weight is 365 g/mol. The molecule has 2 fully saturated rings. The van der Waals surface area contributed by atoms with Crippen molar-refractivity contribution in [2.24, 2.45) is 11.7 Å².